The lowest BCUT2D eigenvalue weighted by Gasteiger charge is -2.02. The highest BCUT2D eigenvalue weighted by Gasteiger charge is 1.97. The molecule has 0 saturated carbocycles. The van der Waals surface area contributed by atoms with Crippen molar-refractivity contribution in [3.63, 3.8) is 0 Å². The van der Waals surface area contributed by atoms with Gasteiger partial charge in [0.2, 0.25) is 0 Å². The fourth-order valence-corrected chi connectivity index (χ4v) is 0.884. The van der Waals surface area contributed by atoms with Gasteiger partial charge in [-0.1, -0.05) is 0 Å². The first-order valence-electron chi connectivity index (χ1n) is 4.08. The average Bonchev–Trinajstić information content (AvgIpc) is 2.46. The van der Waals surface area contributed by atoms with E-state index in [2.05, 4.69) is 4.98 Å². The number of hydrogen-bond donors (Lipinski definition) is 1. The SMILES string of the molecule is Cn1ccnc1COCCCN. The Balaban J connectivity index is 2.20. The standard InChI is InChI=1S/C8H15N3O/c1-11-5-4-10-8(11)7-12-6-2-3-9/h4-5H,2-3,6-7,9H2,1H3. The molecule has 0 spiro atoms. The second kappa shape index (κ2) is 4.90. The van der Waals surface area contributed by atoms with E-state index in [9.17, 15) is 0 Å². The van der Waals surface area contributed by atoms with Crippen LogP contribution < -0.4 is 5.73 Å². The highest BCUT2D eigenvalue weighted by atomic mass is 16.5. The van der Waals surface area contributed by atoms with E-state index in [0.717, 1.165) is 12.2 Å². The largest absolute Gasteiger partial charge is 0.373 e. The number of rotatable bonds is 5. The van der Waals surface area contributed by atoms with Crippen LogP contribution >= 0.6 is 0 Å². The molecule has 0 aliphatic rings. The quantitative estimate of drug-likeness (QED) is 0.644. The summed E-state index contributed by atoms with van der Waals surface area (Å²) in [6, 6.07) is 0. The first-order chi connectivity index (χ1) is 5.84. The zero-order chi connectivity index (χ0) is 8.81. The van der Waals surface area contributed by atoms with Gasteiger partial charge in [-0.3, -0.25) is 0 Å². The van der Waals surface area contributed by atoms with Crippen LogP contribution in [-0.4, -0.2) is 22.7 Å². The molecule has 0 radical (unpaired) electrons. The van der Waals surface area contributed by atoms with Crippen LogP contribution in [0, 0.1) is 0 Å². The number of ether oxygens (including phenoxy) is 1. The third kappa shape index (κ3) is 2.64. The minimum atomic E-state index is 0.573. The zero-order valence-electron chi connectivity index (χ0n) is 7.36. The van der Waals surface area contributed by atoms with Crippen molar-refractivity contribution in [1.29, 1.82) is 0 Å². The maximum Gasteiger partial charge on any atom is 0.134 e. The Morgan fingerprint density at radius 3 is 3.08 bits per heavy atom. The summed E-state index contributed by atoms with van der Waals surface area (Å²) in [4.78, 5) is 4.12. The van der Waals surface area contributed by atoms with Crippen LogP contribution in [0.25, 0.3) is 0 Å². The fraction of sp³-hybridized carbons (Fsp3) is 0.625. The second-order valence-electron chi connectivity index (χ2n) is 2.65. The lowest BCUT2D eigenvalue weighted by Crippen LogP contribution is -2.06. The Kier molecular flexibility index (Phi) is 3.76. The topological polar surface area (TPSA) is 53.1 Å². The van der Waals surface area contributed by atoms with Gasteiger partial charge in [0.15, 0.2) is 0 Å². The van der Waals surface area contributed by atoms with E-state index in [0.29, 0.717) is 19.8 Å². The third-order valence-electron chi connectivity index (χ3n) is 1.64. The highest BCUT2D eigenvalue weighted by Crippen LogP contribution is 1.96. The maximum atomic E-state index is 5.34. The smallest absolute Gasteiger partial charge is 0.134 e. The van der Waals surface area contributed by atoms with E-state index in [1.165, 1.54) is 0 Å². The first-order valence-corrected chi connectivity index (χ1v) is 4.08. The Morgan fingerprint density at radius 1 is 1.67 bits per heavy atom. The molecule has 0 aliphatic carbocycles. The molecular formula is C8H15N3O. The number of nitrogens with zero attached hydrogens (tertiary/aromatic N) is 2. The van der Waals surface area contributed by atoms with E-state index >= 15 is 0 Å². The Labute approximate surface area is 72.3 Å². The number of hydrogen-bond acceptors (Lipinski definition) is 3. The van der Waals surface area contributed by atoms with Gasteiger partial charge in [-0.05, 0) is 13.0 Å². The zero-order valence-corrected chi connectivity index (χ0v) is 7.36. The third-order valence-corrected chi connectivity index (χ3v) is 1.64. The number of imidazole rings is 1. The molecule has 4 heteroatoms. The molecule has 0 aliphatic heterocycles. The maximum absolute atomic E-state index is 5.34. The molecule has 1 aromatic heterocycles. The predicted molar refractivity (Wildman–Crippen MR) is 46.5 cm³/mol. The summed E-state index contributed by atoms with van der Waals surface area (Å²) in [6.45, 7) is 1.97. The van der Waals surface area contributed by atoms with Crippen LogP contribution in [0.1, 0.15) is 12.2 Å². The molecule has 0 unspecified atom stereocenters. The summed E-state index contributed by atoms with van der Waals surface area (Å²) < 4.78 is 7.28. The summed E-state index contributed by atoms with van der Waals surface area (Å²) >= 11 is 0. The van der Waals surface area contributed by atoms with Gasteiger partial charge in [-0.2, -0.15) is 0 Å². The average molecular weight is 169 g/mol. The number of nitrogens with two attached hydrogens (primary N) is 1. The Hall–Kier alpha value is -0.870. The highest BCUT2D eigenvalue weighted by molar-refractivity contribution is 4.88. The normalized spacial score (nSPS) is 10.5. The lowest BCUT2D eigenvalue weighted by atomic mass is 10.5. The molecule has 2 N–H and O–H groups in total. The lowest BCUT2D eigenvalue weighted by molar-refractivity contribution is 0.113. The summed E-state index contributed by atoms with van der Waals surface area (Å²) in [5.41, 5.74) is 5.32. The molecule has 0 saturated heterocycles. The minimum Gasteiger partial charge on any atom is -0.373 e. The molecule has 0 bridgehead atoms. The van der Waals surface area contributed by atoms with Crippen molar-refractivity contribution in [3.05, 3.63) is 18.2 Å². The predicted octanol–water partition coefficient (Wildman–Crippen LogP) is 0.285. The van der Waals surface area contributed by atoms with Gasteiger partial charge in [-0.15, -0.1) is 0 Å². The second-order valence-corrected chi connectivity index (χ2v) is 2.65. The number of aromatic nitrogens is 2. The van der Waals surface area contributed by atoms with Gasteiger partial charge in [0.05, 0.1) is 0 Å². The molecule has 4 nitrogen and oxygen atoms in total. The van der Waals surface area contributed by atoms with E-state index in [-0.39, 0.29) is 0 Å². The summed E-state index contributed by atoms with van der Waals surface area (Å²) in [6.07, 6.45) is 4.58. The van der Waals surface area contributed by atoms with Gasteiger partial charge in [-0.25, -0.2) is 4.98 Å². The van der Waals surface area contributed by atoms with Crippen molar-refractivity contribution in [2.24, 2.45) is 12.8 Å². The molecule has 0 aromatic carbocycles. The van der Waals surface area contributed by atoms with Crippen LogP contribution in [0.4, 0.5) is 0 Å². The van der Waals surface area contributed by atoms with Crippen LogP contribution in [-0.2, 0) is 18.4 Å². The van der Waals surface area contributed by atoms with E-state index in [1.54, 1.807) is 6.20 Å². The van der Waals surface area contributed by atoms with Crippen molar-refractivity contribution >= 4 is 0 Å². The molecular weight excluding hydrogens is 154 g/mol. The van der Waals surface area contributed by atoms with Gasteiger partial charge in [0, 0.05) is 26.0 Å². The monoisotopic (exact) mass is 169 g/mol. The summed E-state index contributed by atoms with van der Waals surface area (Å²) in [7, 11) is 1.95. The molecule has 68 valence electrons. The van der Waals surface area contributed by atoms with Crippen LogP contribution in [0.2, 0.25) is 0 Å². The molecule has 1 aromatic rings. The Morgan fingerprint density at radius 2 is 2.50 bits per heavy atom. The summed E-state index contributed by atoms with van der Waals surface area (Å²) in [5.74, 6) is 0.951. The van der Waals surface area contributed by atoms with E-state index in [1.807, 2.05) is 17.8 Å². The van der Waals surface area contributed by atoms with E-state index < -0.39 is 0 Å². The van der Waals surface area contributed by atoms with Crippen LogP contribution in [0.15, 0.2) is 12.4 Å². The van der Waals surface area contributed by atoms with E-state index in [4.69, 9.17) is 10.5 Å². The minimum absolute atomic E-state index is 0.573. The molecule has 0 amide bonds. The summed E-state index contributed by atoms with van der Waals surface area (Å²) in [5, 5.41) is 0. The molecule has 0 fully saturated rings. The van der Waals surface area contributed by atoms with Crippen LogP contribution in [0.5, 0.6) is 0 Å². The Bertz CT molecular complexity index is 222. The van der Waals surface area contributed by atoms with Crippen molar-refractivity contribution in [2.75, 3.05) is 13.2 Å². The molecule has 12 heavy (non-hydrogen) atoms. The molecule has 1 heterocycles. The fourth-order valence-electron chi connectivity index (χ4n) is 0.884. The molecule has 1 rings (SSSR count). The van der Waals surface area contributed by atoms with Gasteiger partial charge >= 0.3 is 0 Å². The van der Waals surface area contributed by atoms with Gasteiger partial charge in [0.25, 0.3) is 0 Å². The number of aryl methyl sites for hydroxylation is 1. The van der Waals surface area contributed by atoms with Gasteiger partial charge < -0.3 is 15.0 Å². The first kappa shape index (κ1) is 9.22. The van der Waals surface area contributed by atoms with Crippen molar-refractivity contribution < 1.29 is 4.74 Å². The van der Waals surface area contributed by atoms with Gasteiger partial charge in [0.1, 0.15) is 12.4 Å². The van der Waals surface area contributed by atoms with Crippen molar-refractivity contribution in [3.8, 4) is 0 Å². The van der Waals surface area contributed by atoms with Crippen LogP contribution in [0.3, 0.4) is 0 Å². The molecule has 0 atom stereocenters. The van der Waals surface area contributed by atoms with Crippen molar-refractivity contribution in [2.45, 2.75) is 13.0 Å². The van der Waals surface area contributed by atoms with Crippen molar-refractivity contribution in [1.82, 2.24) is 9.55 Å².